The third-order valence-corrected chi connectivity index (χ3v) is 2.08. The maximum atomic E-state index is 11.1. The molecular formula is C8H16N2O3. The van der Waals surface area contributed by atoms with Gasteiger partial charge in [-0.15, -0.1) is 0 Å². The minimum Gasteiger partial charge on any atom is -0.389 e. The number of nitrogens with zero attached hydrogens (tertiary/aromatic N) is 1. The van der Waals surface area contributed by atoms with Crippen molar-refractivity contribution >= 4 is 5.91 Å². The molecule has 1 aliphatic heterocycles. The predicted molar refractivity (Wildman–Crippen MR) is 47.1 cm³/mol. The summed E-state index contributed by atoms with van der Waals surface area (Å²) < 4.78 is 0. The normalized spacial score (nSPS) is 29.2. The van der Waals surface area contributed by atoms with Crippen LogP contribution in [0.1, 0.15) is 6.92 Å². The van der Waals surface area contributed by atoms with Crippen LogP contribution in [0.25, 0.3) is 0 Å². The van der Waals surface area contributed by atoms with Crippen LogP contribution in [0, 0.1) is 0 Å². The largest absolute Gasteiger partial charge is 0.389 e. The topological polar surface area (TPSA) is 72.8 Å². The van der Waals surface area contributed by atoms with Crippen molar-refractivity contribution in [2.75, 3.05) is 26.2 Å². The van der Waals surface area contributed by atoms with Crippen LogP contribution in [0.4, 0.5) is 0 Å². The first kappa shape index (κ1) is 10.4. The molecule has 0 aromatic rings. The van der Waals surface area contributed by atoms with Crippen LogP contribution in [0.2, 0.25) is 0 Å². The fourth-order valence-corrected chi connectivity index (χ4v) is 1.43. The van der Waals surface area contributed by atoms with Crippen molar-refractivity contribution < 1.29 is 15.0 Å². The Labute approximate surface area is 77.3 Å². The fraction of sp³-hybridized carbons (Fsp3) is 0.875. The van der Waals surface area contributed by atoms with Gasteiger partial charge in [-0.2, -0.15) is 0 Å². The number of carbonyl (C=O) groups is 1. The molecule has 5 nitrogen and oxygen atoms in total. The van der Waals surface area contributed by atoms with Gasteiger partial charge in [-0.1, -0.05) is 0 Å². The van der Waals surface area contributed by atoms with E-state index in [1.54, 1.807) is 4.90 Å². The van der Waals surface area contributed by atoms with Crippen molar-refractivity contribution in [3.63, 3.8) is 0 Å². The molecule has 0 aromatic heterocycles. The number of β-amino-alcohol motifs (C(OH)–C–C–N with tert-alkyl or cyclic N) is 2. The number of aliphatic hydroxyl groups is 2. The SMILES string of the molecule is CCNC(=O)CN1C[C@@H](O)[C@@H](O)C1. The summed E-state index contributed by atoms with van der Waals surface area (Å²) in [6, 6.07) is 0. The van der Waals surface area contributed by atoms with Crippen LogP contribution in [0.3, 0.4) is 0 Å². The second-order valence-corrected chi connectivity index (χ2v) is 3.28. The summed E-state index contributed by atoms with van der Waals surface area (Å²) in [5, 5.41) is 21.0. The second kappa shape index (κ2) is 4.55. The predicted octanol–water partition coefficient (Wildman–Crippen LogP) is -1.84. The van der Waals surface area contributed by atoms with Gasteiger partial charge in [-0.3, -0.25) is 9.69 Å². The van der Waals surface area contributed by atoms with Gasteiger partial charge in [0.1, 0.15) is 0 Å². The van der Waals surface area contributed by atoms with Crippen LogP contribution in [-0.4, -0.2) is 59.4 Å². The van der Waals surface area contributed by atoms with E-state index in [1.165, 1.54) is 0 Å². The van der Waals surface area contributed by atoms with Crippen molar-refractivity contribution in [1.29, 1.82) is 0 Å². The van der Waals surface area contributed by atoms with E-state index in [0.29, 0.717) is 19.6 Å². The number of likely N-dealkylation sites (tertiary alicyclic amines) is 1. The molecule has 1 rings (SSSR count). The number of amides is 1. The summed E-state index contributed by atoms with van der Waals surface area (Å²) in [5.41, 5.74) is 0. The molecule has 0 bridgehead atoms. The van der Waals surface area contributed by atoms with E-state index in [2.05, 4.69) is 5.32 Å². The van der Waals surface area contributed by atoms with Gasteiger partial charge in [-0.05, 0) is 6.92 Å². The lowest BCUT2D eigenvalue weighted by Crippen LogP contribution is -2.36. The molecule has 0 radical (unpaired) electrons. The zero-order valence-electron chi connectivity index (χ0n) is 7.73. The van der Waals surface area contributed by atoms with Gasteiger partial charge in [0, 0.05) is 19.6 Å². The van der Waals surface area contributed by atoms with E-state index >= 15 is 0 Å². The quantitative estimate of drug-likeness (QED) is 0.486. The van der Waals surface area contributed by atoms with E-state index in [9.17, 15) is 15.0 Å². The lowest BCUT2D eigenvalue weighted by atomic mass is 10.3. The number of rotatable bonds is 3. The van der Waals surface area contributed by atoms with Crippen LogP contribution >= 0.6 is 0 Å². The minimum atomic E-state index is -0.713. The van der Waals surface area contributed by atoms with Crippen molar-refractivity contribution in [2.45, 2.75) is 19.1 Å². The summed E-state index contributed by atoms with van der Waals surface area (Å²) >= 11 is 0. The summed E-state index contributed by atoms with van der Waals surface area (Å²) in [7, 11) is 0. The fourth-order valence-electron chi connectivity index (χ4n) is 1.43. The van der Waals surface area contributed by atoms with E-state index in [-0.39, 0.29) is 12.5 Å². The summed E-state index contributed by atoms with van der Waals surface area (Å²) in [4.78, 5) is 12.8. The number of hydrogen-bond donors (Lipinski definition) is 3. The summed E-state index contributed by atoms with van der Waals surface area (Å²) in [6.07, 6.45) is -1.43. The molecule has 2 atom stereocenters. The maximum Gasteiger partial charge on any atom is 0.234 e. The number of hydrogen-bond acceptors (Lipinski definition) is 4. The average molecular weight is 188 g/mol. The van der Waals surface area contributed by atoms with E-state index in [0.717, 1.165) is 0 Å². The molecule has 1 fully saturated rings. The molecule has 1 heterocycles. The van der Waals surface area contributed by atoms with Gasteiger partial charge in [0.15, 0.2) is 0 Å². The average Bonchev–Trinajstić information content (AvgIpc) is 2.31. The van der Waals surface area contributed by atoms with Gasteiger partial charge >= 0.3 is 0 Å². The van der Waals surface area contributed by atoms with Crippen LogP contribution < -0.4 is 5.32 Å². The Hall–Kier alpha value is -0.650. The molecule has 0 aliphatic carbocycles. The van der Waals surface area contributed by atoms with Crippen molar-refractivity contribution in [3.8, 4) is 0 Å². The smallest absolute Gasteiger partial charge is 0.234 e. The van der Waals surface area contributed by atoms with Gasteiger partial charge in [-0.25, -0.2) is 0 Å². The first-order valence-electron chi connectivity index (χ1n) is 4.48. The minimum absolute atomic E-state index is 0.0659. The Morgan fingerprint density at radius 3 is 2.46 bits per heavy atom. The summed E-state index contributed by atoms with van der Waals surface area (Å²) in [5.74, 6) is -0.0659. The molecule has 1 amide bonds. The number of likely N-dealkylation sites (N-methyl/N-ethyl adjacent to an activating group) is 1. The van der Waals surface area contributed by atoms with Crippen molar-refractivity contribution in [1.82, 2.24) is 10.2 Å². The van der Waals surface area contributed by atoms with E-state index in [1.807, 2.05) is 6.92 Å². The molecule has 0 saturated carbocycles. The monoisotopic (exact) mass is 188 g/mol. The third kappa shape index (κ3) is 2.95. The van der Waals surface area contributed by atoms with Gasteiger partial charge in [0.05, 0.1) is 18.8 Å². The number of aliphatic hydroxyl groups excluding tert-OH is 2. The highest BCUT2D eigenvalue weighted by atomic mass is 16.3. The van der Waals surface area contributed by atoms with Crippen molar-refractivity contribution in [3.05, 3.63) is 0 Å². The van der Waals surface area contributed by atoms with Crippen LogP contribution in [0.15, 0.2) is 0 Å². The molecule has 13 heavy (non-hydrogen) atoms. The van der Waals surface area contributed by atoms with Gasteiger partial charge in [0.2, 0.25) is 5.91 Å². The Balaban J connectivity index is 2.27. The van der Waals surface area contributed by atoms with E-state index < -0.39 is 12.2 Å². The highest BCUT2D eigenvalue weighted by molar-refractivity contribution is 5.77. The Kier molecular flexibility index (Phi) is 3.65. The highest BCUT2D eigenvalue weighted by Crippen LogP contribution is 2.08. The Bertz CT molecular complexity index is 176. The second-order valence-electron chi connectivity index (χ2n) is 3.28. The third-order valence-electron chi connectivity index (χ3n) is 2.08. The lowest BCUT2D eigenvalue weighted by molar-refractivity contribution is -0.122. The maximum absolute atomic E-state index is 11.1. The van der Waals surface area contributed by atoms with Gasteiger partial charge < -0.3 is 15.5 Å². The zero-order valence-corrected chi connectivity index (χ0v) is 7.73. The van der Waals surface area contributed by atoms with Crippen LogP contribution in [-0.2, 0) is 4.79 Å². The molecule has 0 aromatic carbocycles. The number of carbonyl (C=O) groups excluding carboxylic acids is 1. The molecule has 0 unspecified atom stereocenters. The van der Waals surface area contributed by atoms with E-state index in [4.69, 9.17) is 0 Å². The summed E-state index contributed by atoms with van der Waals surface area (Å²) in [6.45, 7) is 3.46. The molecule has 76 valence electrons. The molecule has 3 N–H and O–H groups in total. The van der Waals surface area contributed by atoms with Gasteiger partial charge in [0.25, 0.3) is 0 Å². The standard InChI is InChI=1S/C8H16N2O3/c1-2-9-8(13)5-10-3-6(11)7(12)4-10/h6-7,11-12H,2-5H2,1H3,(H,9,13)/t6-,7+. The zero-order chi connectivity index (χ0) is 9.84. The lowest BCUT2D eigenvalue weighted by Gasteiger charge is -2.13. The molecule has 1 saturated heterocycles. The first-order valence-corrected chi connectivity index (χ1v) is 4.48. The van der Waals surface area contributed by atoms with Crippen molar-refractivity contribution in [2.24, 2.45) is 0 Å². The molecular weight excluding hydrogens is 172 g/mol. The molecule has 0 spiro atoms. The number of nitrogens with one attached hydrogen (secondary N) is 1. The van der Waals surface area contributed by atoms with Crippen LogP contribution in [0.5, 0.6) is 0 Å². The Morgan fingerprint density at radius 1 is 1.46 bits per heavy atom. The Morgan fingerprint density at radius 2 is 2.00 bits per heavy atom. The molecule has 1 aliphatic rings. The molecule has 5 heteroatoms. The highest BCUT2D eigenvalue weighted by Gasteiger charge is 2.30. The first-order chi connectivity index (χ1) is 6.13.